The van der Waals surface area contributed by atoms with Crippen LogP contribution in [0.25, 0.3) is 0 Å². The van der Waals surface area contributed by atoms with Crippen LogP contribution in [0.3, 0.4) is 0 Å². The monoisotopic (exact) mass is 333 g/mol. The fourth-order valence-electron chi connectivity index (χ4n) is 1.81. The summed E-state index contributed by atoms with van der Waals surface area (Å²) in [6.07, 6.45) is 0.181. The fraction of sp³-hybridized carbons (Fsp3) is 0.0667. The predicted octanol–water partition coefficient (Wildman–Crippen LogP) is 3.15. The first kappa shape index (κ1) is 14.3. The van der Waals surface area contributed by atoms with Crippen molar-refractivity contribution in [3.05, 3.63) is 63.6 Å². The van der Waals surface area contributed by atoms with E-state index in [2.05, 4.69) is 15.9 Å². The Morgan fingerprint density at radius 1 is 1.10 bits per heavy atom. The van der Waals surface area contributed by atoms with Crippen LogP contribution in [-0.4, -0.2) is 16.9 Å². The number of ketones is 1. The van der Waals surface area contributed by atoms with E-state index < -0.39 is 5.97 Å². The van der Waals surface area contributed by atoms with Crippen LogP contribution >= 0.6 is 15.9 Å². The van der Waals surface area contributed by atoms with Gasteiger partial charge in [-0.15, -0.1) is 0 Å². The molecule has 3 N–H and O–H groups in total. The van der Waals surface area contributed by atoms with E-state index >= 15 is 0 Å². The van der Waals surface area contributed by atoms with Crippen molar-refractivity contribution in [2.75, 3.05) is 5.73 Å². The highest BCUT2D eigenvalue weighted by Gasteiger charge is 2.13. The highest BCUT2D eigenvalue weighted by atomic mass is 79.9. The molecule has 0 atom stereocenters. The summed E-state index contributed by atoms with van der Waals surface area (Å²) in [5, 5.41) is 8.94. The summed E-state index contributed by atoms with van der Waals surface area (Å²) >= 11 is 3.32. The number of nitrogen functional groups attached to an aromatic ring is 1. The highest BCUT2D eigenvalue weighted by Crippen LogP contribution is 2.18. The Morgan fingerprint density at radius 2 is 1.75 bits per heavy atom. The smallest absolute Gasteiger partial charge is 0.335 e. The van der Waals surface area contributed by atoms with Gasteiger partial charge in [0.25, 0.3) is 0 Å². The van der Waals surface area contributed by atoms with E-state index in [0.717, 1.165) is 10.0 Å². The number of nitrogens with two attached hydrogens (primary N) is 1. The number of carbonyl (C=O) groups is 2. The normalized spacial score (nSPS) is 10.2. The van der Waals surface area contributed by atoms with Crippen molar-refractivity contribution in [3.63, 3.8) is 0 Å². The second-order valence-corrected chi connectivity index (χ2v) is 5.25. The molecule has 0 fully saturated rings. The number of halogens is 1. The molecule has 102 valence electrons. The molecule has 0 radical (unpaired) electrons. The van der Waals surface area contributed by atoms with E-state index in [-0.39, 0.29) is 29.0 Å². The first-order valence-electron chi connectivity index (χ1n) is 5.88. The van der Waals surface area contributed by atoms with Crippen LogP contribution in [-0.2, 0) is 6.42 Å². The van der Waals surface area contributed by atoms with Gasteiger partial charge in [-0.2, -0.15) is 0 Å². The molecule has 2 aromatic carbocycles. The zero-order valence-corrected chi connectivity index (χ0v) is 12.1. The van der Waals surface area contributed by atoms with E-state index in [9.17, 15) is 9.59 Å². The Kier molecular flexibility index (Phi) is 4.20. The number of carbonyl (C=O) groups excluding carboxylic acids is 1. The minimum Gasteiger partial charge on any atom is -0.478 e. The van der Waals surface area contributed by atoms with Gasteiger partial charge in [0.2, 0.25) is 0 Å². The van der Waals surface area contributed by atoms with Crippen LogP contribution < -0.4 is 5.73 Å². The maximum absolute atomic E-state index is 12.2. The van der Waals surface area contributed by atoms with Crippen molar-refractivity contribution in [2.45, 2.75) is 6.42 Å². The Hall–Kier alpha value is -2.14. The summed E-state index contributed by atoms with van der Waals surface area (Å²) in [5.74, 6) is -1.28. The van der Waals surface area contributed by atoms with E-state index in [1.807, 2.05) is 24.3 Å². The van der Waals surface area contributed by atoms with Crippen molar-refractivity contribution >= 4 is 33.4 Å². The average molecular weight is 334 g/mol. The van der Waals surface area contributed by atoms with Gasteiger partial charge in [-0.3, -0.25) is 4.79 Å². The molecular formula is C15H12BrNO3. The molecule has 4 nitrogen and oxygen atoms in total. The van der Waals surface area contributed by atoms with Gasteiger partial charge in [-0.25, -0.2) is 4.79 Å². The van der Waals surface area contributed by atoms with Crippen molar-refractivity contribution in [1.29, 1.82) is 0 Å². The number of carboxylic acids is 1. The van der Waals surface area contributed by atoms with Gasteiger partial charge in [0.1, 0.15) is 0 Å². The first-order chi connectivity index (χ1) is 9.47. The summed E-state index contributed by atoms with van der Waals surface area (Å²) in [5.41, 5.74) is 7.18. The number of hydrogen-bond acceptors (Lipinski definition) is 3. The van der Waals surface area contributed by atoms with E-state index in [4.69, 9.17) is 10.8 Å². The highest BCUT2D eigenvalue weighted by molar-refractivity contribution is 9.10. The molecule has 0 aliphatic rings. The predicted molar refractivity (Wildman–Crippen MR) is 80.0 cm³/mol. The Balaban J connectivity index is 2.26. The summed E-state index contributed by atoms with van der Waals surface area (Å²) in [6.45, 7) is 0. The maximum Gasteiger partial charge on any atom is 0.335 e. The fourth-order valence-corrected chi connectivity index (χ4v) is 2.08. The van der Waals surface area contributed by atoms with Crippen LogP contribution in [0.5, 0.6) is 0 Å². The lowest BCUT2D eigenvalue weighted by Crippen LogP contribution is -2.09. The van der Waals surface area contributed by atoms with Gasteiger partial charge in [0.05, 0.1) is 5.56 Å². The number of Topliss-reactive ketones (excluding diaryl/α,β-unsaturated/α-hetero) is 1. The average Bonchev–Trinajstić information content (AvgIpc) is 2.41. The molecule has 0 heterocycles. The van der Waals surface area contributed by atoms with Crippen LogP contribution in [0.1, 0.15) is 26.3 Å². The van der Waals surface area contributed by atoms with Gasteiger partial charge >= 0.3 is 5.97 Å². The topological polar surface area (TPSA) is 80.4 Å². The zero-order chi connectivity index (χ0) is 14.7. The molecule has 0 spiro atoms. The summed E-state index contributed by atoms with van der Waals surface area (Å²) in [4.78, 5) is 23.1. The minimum atomic E-state index is -1.08. The van der Waals surface area contributed by atoms with Crippen molar-refractivity contribution in [2.24, 2.45) is 0 Å². The lowest BCUT2D eigenvalue weighted by atomic mass is 10.00. The molecule has 0 aliphatic carbocycles. The maximum atomic E-state index is 12.2. The molecule has 2 rings (SSSR count). The molecular weight excluding hydrogens is 322 g/mol. The molecule has 2 aromatic rings. The summed E-state index contributed by atoms with van der Waals surface area (Å²) < 4.78 is 0.932. The third kappa shape index (κ3) is 3.24. The first-order valence-corrected chi connectivity index (χ1v) is 6.67. The molecule has 0 amide bonds. The van der Waals surface area contributed by atoms with Crippen LogP contribution in [0.15, 0.2) is 46.9 Å². The van der Waals surface area contributed by atoms with Crippen LogP contribution in [0, 0.1) is 0 Å². The third-order valence-corrected chi connectivity index (χ3v) is 3.41. The van der Waals surface area contributed by atoms with Gasteiger partial charge in [0, 0.05) is 22.1 Å². The van der Waals surface area contributed by atoms with Gasteiger partial charge < -0.3 is 10.8 Å². The number of aromatic carboxylic acids is 1. The molecule has 0 aliphatic heterocycles. The van der Waals surface area contributed by atoms with Crippen molar-refractivity contribution in [3.8, 4) is 0 Å². The summed E-state index contributed by atoms with van der Waals surface area (Å²) in [6, 6.07) is 11.5. The zero-order valence-electron chi connectivity index (χ0n) is 10.5. The lowest BCUT2D eigenvalue weighted by molar-refractivity contribution is 0.0697. The van der Waals surface area contributed by atoms with E-state index in [1.54, 1.807) is 0 Å². The van der Waals surface area contributed by atoms with Gasteiger partial charge in [0.15, 0.2) is 5.78 Å². The largest absolute Gasteiger partial charge is 0.478 e. The second-order valence-electron chi connectivity index (χ2n) is 4.33. The van der Waals surface area contributed by atoms with Crippen LogP contribution in [0.2, 0.25) is 0 Å². The van der Waals surface area contributed by atoms with Gasteiger partial charge in [-0.05, 0) is 35.9 Å². The Morgan fingerprint density at radius 3 is 2.35 bits per heavy atom. The molecule has 0 bridgehead atoms. The standard InChI is InChI=1S/C15H12BrNO3/c16-11-4-1-9(2-5-11)7-14(18)12-8-10(15(19)20)3-6-13(12)17/h1-6,8H,7,17H2,(H,19,20). The van der Waals surface area contributed by atoms with E-state index in [0.29, 0.717) is 0 Å². The lowest BCUT2D eigenvalue weighted by Gasteiger charge is -2.06. The molecule has 0 saturated carbocycles. The minimum absolute atomic E-state index is 0.0540. The van der Waals surface area contributed by atoms with Crippen molar-refractivity contribution in [1.82, 2.24) is 0 Å². The van der Waals surface area contributed by atoms with Crippen LogP contribution in [0.4, 0.5) is 5.69 Å². The molecule has 0 aromatic heterocycles. The number of benzene rings is 2. The Bertz CT molecular complexity index is 665. The number of carboxylic acid groups (broad SMARTS) is 1. The third-order valence-electron chi connectivity index (χ3n) is 2.88. The Labute approximate surface area is 124 Å². The quantitative estimate of drug-likeness (QED) is 0.665. The van der Waals surface area contributed by atoms with Gasteiger partial charge in [-0.1, -0.05) is 28.1 Å². The molecule has 20 heavy (non-hydrogen) atoms. The molecule has 5 heteroatoms. The SMILES string of the molecule is Nc1ccc(C(=O)O)cc1C(=O)Cc1ccc(Br)cc1. The molecule has 0 saturated heterocycles. The molecule has 0 unspecified atom stereocenters. The number of hydrogen-bond donors (Lipinski definition) is 2. The number of rotatable bonds is 4. The number of anilines is 1. The van der Waals surface area contributed by atoms with E-state index in [1.165, 1.54) is 18.2 Å². The second kappa shape index (κ2) is 5.88. The summed E-state index contributed by atoms with van der Waals surface area (Å²) in [7, 11) is 0. The van der Waals surface area contributed by atoms with Crippen molar-refractivity contribution < 1.29 is 14.7 Å².